The van der Waals surface area contributed by atoms with Gasteiger partial charge >= 0.3 is 25.5 Å². The summed E-state index contributed by atoms with van der Waals surface area (Å²) in [7, 11) is -3.49. The molecular weight excluding hydrogens is 575 g/mol. The number of benzene rings is 3. The minimum atomic E-state index is -3.49. The summed E-state index contributed by atoms with van der Waals surface area (Å²) in [5.41, 5.74) is 0.884. The van der Waals surface area contributed by atoms with Gasteiger partial charge in [0.05, 0.1) is 42.2 Å². The summed E-state index contributed by atoms with van der Waals surface area (Å²) in [6.45, 7) is 3.46. The van der Waals surface area contributed by atoms with E-state index < -0.39 is 49.9 Å². The molecule has 1 fully saturated rings. The Morgan fingerprint density at radius 2 is 1.07 bits per heavy atom. The van der Waals surface area contributed by atoms with E-state index in [0.29, 0.717) is 5.56 Å². The van der Waals surface area contributed by atoms with Gasteiger partial charge in [-0.05, 0) is 56.7 Å². The van der Waals surface area contributed by atoms with Gasteiger partial charge in [0.1, 0.15) is 12.7 Å². The first kappa shape index (κ1) is 32.1. The van der Waals surface area contributed by atoms with Crippen LogP contribution in [0.3, 0.4) is 0 Å². The number of hydrogen-bond donors (Lipinski definition) is 0. The highest BCUT2D eigenvalue weighted by Gasteiger charge is 2.50. The Kier molecular flexibility index (Phi) is 11.6. The molecule has 228 valence electrons. The first-order chi connectivity index (χ1) is 20.8. The van der Waals surface area contributed by atoms with Crippen molar-refractivity contribution in [2.45, 2.75) is 44.7 Å². The van der Waals surface area contributed by atoms with Crippen molar-refractivity contribution in [1.82, 2.24) is 0 Å². The number of hydrogen-bond acceptors (Lipinski definition) is 10. The van der Waals surface area contributed by atoms with E-state index in [9.17, 15) is 18.9 Å². The van der Waals surface area contributed by atoms with Gasteiger partial charge in [-0.2, -0.15) is 0 Å². The van der Waals surface area contributed by atoms with Crippen molar-refractivity contribution >= 4 is 25.5 Å². The van der Waals surface area contributed by atoms with E-state index in [1.54, 1.807) is 105 Å². The van der Waals surface area contributed by atoms with Crippen LogP contribution >= 0.6 is 7.60 Å². The summed E-state index contributed by atoms with van der Waals surface area (Å²) in [4.78, 5) is 39.1. The lowest BCUT2D eigenvalue weighted by Gasteiger charge is -2.25. The zero-order valence-electron chi connectivity index (χ0n) is 24.0. The van der Waals surface area contributed by atoms with Crippen molar-refractivity contribution in [3.8, 4) is 0 Å². The van der Waals surface area contributed by atoms with Crippen molar-refractivity contribution < 1.29 is 46.9 Å². The van der Waals surface area contributed by atoms with Gasteiger partial charge in [-0.15, -0.1) is 0 Å². The average Bonchev–Trinajstić information content (AvgIpc) is 3.35. The quantitative estimate of drug-likeness (QED) is 0.127. The highest BCUT2D eigenvalue weighted by atomic mass is 31.2. The van der Waals surface area contributed by atoms with E-state index in [2.05, 4.69) is 0 Å². The van der Waals surface area contributed by atoms with Crippen molar-refractivity contribution in [1.29, 1.82) is 0 Å². The first-order valence-electron chi connectivity index (χ1n) is 14.1. The molecule has 0 saturated carbocycles. The number of rotatable bonds is 14. The number of carbonyl (C=O) groups is 3. The topological polar surface area (TPSA) is 124 Å². The summed E-state index contributed by atoms with van der Waals surface area (Å²) in [5.74, 6) is -1.94. The smallest absolute Gasteiger partial charge is 0.338 e. The molecule has 11 heteroatoms. The zero-order chi connectivity index (χ0) is 30.7. The molecule has 43 heavy (non-hydrogen) atoms. The molecular formula is C32H35O10P. The Labute approximate surface area is 250 Å². The van der Waals surface area contributed by atoms with Gasteiger partial charge in [-0.3, -0.25) is 4.57 Å². The molecule has 0 N–H and O–H groups in total. The summed E-state index contributed by atoms with van der Waals surface area (Å²) >= 11 is 0. The molecule has 1 aliphatic heterocycles. The first-order valence-corrected chi connectivity index (χ1v) is 15.8. The molecule has 0 spiro atoms. The van der Waals surface area contributed by atoms with E-state index >= 15 is 0 Å². The van der Waals surface area contributed by atoms with Gasteiger partial charge in [0.15, 0.2) is 12.2 Å². The molecule has 4 rings (SSSR count). The van der Waals surface area contributed by atoms with Crippen LogP contribution in [-0.4, -0.2) is 68.3 Å². The van der Waals surface area contributed by atoms with E-state index in [-0.39, 0.29) is 43.5 Å². The van der Waals surface area contributed by atoms with Crippen molar-refractivity contribution in [3.05, 3.63) is 108 Å². The van der Waals surface area contributed by atoms with Gasteiger partial charge in [0.2, 0.25) is 0 Å². The highest BCUT2D eigenvalue weighted by Crippen LogP contribution is 2.49. The lowest BCUT2D eigenvalue weighted by atomic mass is 10.1. The van der Waals surface area contributed by atoms with E-state index in [4.69, 9.17) is 28.0 Å². The summed E-state index contributed by atoms with van der Waals surface area (Å²) in [6.07, 6.45) is -4.15. The second kappa shape index (κ2) is 15.6. The van der Waals surface area contributed by atoms with Crippen LogP contribution in [0.4, 0.5) is 0 Å². The maximum atomic E-state index is 13.3. The SMILES string of the molecule is CCOP(=O)(CC[C@H]1O[C@H](COC(=O)c2ccccc2)[C@@H](OC(=O)c2ccccc2)[C@@H]1OC(=O)c1ccccc1)OCC. The molecule has 3 aromatic carbocycles. The largest absolute Gasteiger partial charge is 0.459 e. The molecule has 0 bridgehead atoms. The van der Waals surface area contributed by atoms with Crippen molar-refractivity contribution in [2.75, 3.05) is 26.0 Å². The molecule has 10 nitrogen and oxygen atoms in total. The molecule has 0 radical (unpaired) electrons. The predicted octanol–water partition coefficient (Wildman–Crippen LogP) is 5.72. The zero-order valence-corrected chi connectivity index (χ0v) is 24.9. The monoisotopic (exact) mass is 610 g/mol. The lowest BCUT2D eigenvalue weighted by Crippen LogP contribution is -2.42. The van der Waals surface area contributed by atoms with Crippen molar-refractivity contribution in [2.24, 2.45) is 0 Å². The van der Waals surface area contributed by atoms with Gasteiger partial charge < -0.3 is 28.0 Å². The number of esters is 3. The standard InChI is InChI=1S/C32H35O10P/c1-3-38-43(36,39-4-2)21-20-26-28(41-31(34)24-16-10-6-11-17-24)29(42-32(35)25-18-12-7-13-19-25)27(40-26)22-37-30(33)23-14-8-5-9-15-23/h5-19,26-29H,3-4,20-22H2,1-2H3/t26-,27-,28-,29-/m1/s1. The van der Waals surface area contributed by atoms with Gasteiger partial charge in [0, 0.05) is 0 Å². The Morgan fingerprint density at radius 1 is 0.651 bits per heavy atom. The third kappa shape index (κ3) is 8.84. The molecule has 3 aromatic rings. The third-order valence-corrected chi connectivity index (χ3v) is 8.75. The van der Waals surface area contributed by atoms with Gasteiger partial charge in [-0.25, -0.2) is 14.4 Å². The van der Waals surface area contributed by atoms with Crippen molar-refractivity contribution in [3.63, 3.8) is 0 Å². The molecule has 0 unspecified atom stereocenters. The third-order valence-electron chi connectivity index (χ3n) is 6.64. The molecule has 0 aliphatic carbocycles. The molecule has 4 atom stereocenters. The molecule has 1 heterocycles. The summed E-state index contributed by atoms with van der Waals surface area (Å²) < 4.78 is 47.7. The Bertz CT molecular complexity index is 1370. The fraction of sp³-hybridized carbons (Fsp3) is 0.344. The normalized spacial score (nSPS) is 19.9. The molecule has 0 aromatic heterocycles. The average molecular weight is 611 g/mol. The van der Waals surface area contributed by atoms with Crippen LogP contribution < -0.4 is 0 Å². The van der Waals surface area contributed by atoms with Gasteiger partial charge in [0.25, 0.3) is 0 Å². The second-order valence-electron chi connectivity index (χ2n) is 9.61. The minimum absolute atomic E-state index is 0.0470. The fourth-order valence-corrected chi connectivity index (χ4v) is 6.34. The van der Waals surface area contributed by atoms with Crippen LogP contribution in [-0.2, 0) is 32.6 Å². The second-order valence-corrected chi connectivity index (χ2v) is 11.8. The van der Waals surface area contributed by atoms with Gasteiger partial charge in [-0.1, -0.05) is 54.6 Å². The minimum Gasteiger partial charge on any atom is -0.459 e. The Morgan fingerprint density at radius 3 is 1.51 bits per heavy atom. The molecule has 0 amide bonds. The summed E-state index contributed by atoms with van der Waals surface area (Å²) in [5, 5.41) is 0. The fourth-order valence-electron chi connectivity index (χ4n) is 4.65. The van der Waals surface area contributed by atoms with E-state index in [1.165, 1.54) is 0 Å². The van der Waals surface area contributed by atoms with Crippen LogP contribution in [0.25, 0.3) is 0 Å². The van der Waals surface area contributed by atoms with E-state index in [1.807, 2.05) is 0 Å². The van der Waals surface area contributed by atoms with Crippen LogP contribution in [0.5, 0.6) is 0 Å². The maximum Gasteiger partial charge on any atom is 0.338 e. The van der Waals surface area contributed by atoms with E-state index in [0.717, 1.165) is 0 Å². The van der Waals surface area contributed by atoms with Crippen LogP contribution in [0, 0.1) is 0 Å². The predicted molar refractivity (Wildman–Crippen MR) is 157 cm³/mol. The maximum absolute atomic E-state index is 13.3. The van der Waals surface area contributed by atoms with Crippen LogP contribution in [0.1, 0.15) is 51.3 Å². The molecule has 1 saturated heterocycles. The summed E-state index contributed by atoms with van der Waals surface area (Å²) in [6, 6.07) is 25.1. The highest BCUT2D eigenvalue weighted by molar-refractivity contribution is 7.53. The Balaban J connectivity index is 1.62. The molecule has 1 aliphatic rings. The lowest BCUT2D eigenvalue weighted by molar-refractivity contribution is -0.0449. The number of ether oxygens (including phenoxy) is 4. The van der Waals surface area contributed by atoms with Crippen LogP contribution in [0.2, 0.25) is 0 Å². The van der Waals surface area contributed by atoms with Crippen LogP contribution in [0.15, 0.2) is 91.0 Å². The number of carbonyl (C=O) groups excluding carboxylic acids is 3. The Hall–Kier alpha value is -3.82.